The maximum Gasteiger partial charge on any atom is 0.304 e. The number of aromatic nitrogens is 4. The number of fused-ring (bicyclic) bond motifs is 4. The molecule has 2 atom stereocenters. The van der Waals surface area contributed by atoms with E-state index in [1.807, 2.05) is 6.92 Å². The van der Waals surface area contributed by atoms with Crippen molar-refractivity contribution in [2.75, 3.05) is 18.0 Å². The van der Waals surface area contributed by atoms with Crippen molar-refractivity contribution in [3.05, 3.63) is 76.5 Å². The van der Waals surface area contributed by atoms with E-state index in [9.17, 15) is 27.1 Å². The Morgan fingerprint density at radius 3 is 2.76 bits per heavy atom. The SMILES string of the molecule is Cc1ccc(C(CC(=O)O)c2ccc3c(nnn3C)c2C(F)F)cc1CN1C[C@H]2CCCN2c2ncccc2S1(=O)=O. The van der Waals surface area contributed by atoms with Crippen molar-refractivity contribution in [3.63, 3.8) is 0 Å². The third-order valence-electron chi connectivity index (χ3n) is 8.38. The standard InChI is InChI=1S/C29H30F2N6O4S/c1-17-7-8-18(22(14-25(38)39)21-9-10-23-27(26(21)28(30)31)33-34-35(23)2)13-19(17)15-36-16-20-5-4-12-37(20)29-24(42(36,40)41)6-3-11-32-29/h3,6-11,13,20,22,28H,4-5,12,14-16H2,1-2H3,(H,38,39)/t20-,22?/m1/s1. The number of hydrogen-bond donors (Lipinski definition) is 1. The first-order valence-corrected chi connectivity index (χ1v) is 15.1. The predicted molar refractivity (Wildman–Crippen MR) is 151 cm³/mol. The van der Waals surface area contributed by atoms with Crippen LogP contribution >= 0.6 is 0 Å². The summed E-state index contributed by atoms with van der Waals surface area (Å²) < 4.78 is 59.6. The van der Waals surface area contributed by atoms with Crippen LogP contribution in [-0.2, 0) is 28.4 Å². The predicted octanol–water partition coefficient (Wildman–Crippen LogP) is 4.39. The first-order chi connectivity index (χ1) is 20.1. The number of aryl methyl sites for hydroxylation is 2. The first-order valence-electron chi connectivity index (χ1n) is 13.7. The third-order valence-corrected chi connectivity index (χ3v) is 10.2. The minimum Gasteiger partial charge on any atom is -0.481 e. The lowest BCUT2D eigenvalue weighted by molar-refractivity contribution is -0.137. The van der Waals surface area contributed by atoms with E-state index in [0.29, 0.717) is 22.5 Å². The number of aliphatic carboxylic acids is 1. The summed E-state index contributed by atoms with van der Waals surface area (Å²) in [5.74, 6) is -1.61. The van der Waals surface area contributed by atoms with E-state index in [4.69, 9.17) is 0 Å². The van der Waals surface area contributed by atoms with Gasteiger partial charge in [0.05, 0.1) is 17.5 Å². The van der Waals surface area contributed by atoms with E-state index in [1.165, 1.54) is 15.1 Å². The second-order valence-corrected chi connectivity index (χ2v) is 12.8. The Morgan fingerprint density at radius 2 is 2.00 bits per heavy atom. The van der Waals surface area contributed by atoms with Gasteiger partial charge in [-0.3, -0.25) is 4.79 Å². The van der Waals surface area contributed by atoms with E-state index in [1.54, 1.807) is 49.6 Å². The fourth-order valence-corrected chi connectivity index (χ4v) is 7.85. The lowest BCUT2D eigenvalue weighted by Gasteiger charge is -2.26. The van der Waals surface area contributed by atoms with Crippen LogP contribution in [0, 0.1) is 6.92 Å². The van der Waals surface area contributed by atoms with E-state index in [2.05, 4.69) is 20.2 Å². The number of benzene rings is 2. The molecule has 4 aromatic rings. The van der Waals surface area contributed by atoms with E-state index >= 15 is 0 Å². The summed E-state index contributed by atoms with van der Waals surface area (Å²) in [6.45, 7) is 2.90. The lowest BCUT2D eigenvalue weighted by atomic mass is 9.84. The van der Waals surface area contributed by atoms with Crippen molar-refractivity contribution >= 4 is 32.8 Å². The van der Waals surface area contributed by atoms with E-state index < -0.39 is 34.8 Å². The molecule has 2 aliphatic rings. The Hall–Kier alpha value is -3.97. The maximum atomic E-state index is 14.5. The molecule has 0 bridgehead atoms. The molecular formula is C29H30F2N6O4S. The van der Waals surface area contributed by atoms with Crippen LogP contribution in [0.25, 0.3) is 11.0 Å². The monoisotopic (exact) mass is 596 g/mol. The molecule has 1 saturated heterocycles. The summed E-state index contributed by atoms with van der Waals surface area (Å²) in [6.07, 6.45) is 0.0195. The van der Waals surface area contributed by atoms with Gasteiger partial charge in [-0.15, -0.1) is 5.10 Å². The van der Waals surface area contributed by atoms with Crippen molar-refractivity contribution in [2.45, 2.75) is 56.0 Å². The van der Waals surface area contributed by atoms with Crippen LogP contribution in [0.1, 0.15) is 59.4 Å². The average Bonchev–Trinajstić information content (AvgIpc) is 3.56. The van der Waals surface area contributed by atoms with Gasteiger partial charge in [0, 0.05) is 44.8 Å². The number of rotatable bonds is 7. The molecule has 0 radical (unpaired) electrons. The molecule has 0 amide bonds. The zero-order valence-electron chi connectivity index (χ0n) is 23.1. The first kappa shape index (κ1) is 28.2. The van der Waals surface area contributed by atoms with Crippen LogP contribution in [0.3, 0.4) is 0 Å². The molecule has 13 heteroatoms. The molecule has 42 heavy (non-hydrogen) atoms. The lowest BCUT2D eigenvalue weighted by Crippen LogP contribution is -2.39. The zero-order chi connectivity index (χ0) is 29.8. The molecule has 4 heterocycles. The molecule has 10 nitrogen and oxygen atoms in total. The molecule has 2 aromatic carbocycles. The number of carboxylic acids is 1. The van der Waals surface area contributed by atoms with Gasteiger partial charge in [0.1, 0.15) is 16.2 Å². The molecule has 220 valence electrons. The zero-order valence-corrected chi connectivity index (χ0v) is 23.9. The van der Waals surface area contributed by atoms with Crippen molar-refractivity contribution < 1.29 is 27.1 Å². The Morgan fingerprint density at radius 1 is 1.19 bits per heavy atom. The Balaban J connectivity index is 1.43. The number of anilines is 1. The van der Waals surface area contributed by atoms with Crippen LogP contribution in [0.2, 0.25) is 0 Å². The van der Waals surface area contributed by atoms with Crippen LogP contribution < -0.4 is 4.90 Å². The summed E-state index contributed by atoms with van der Waals surface area (Å²) >= 11 is 0. The minimum absolute atomic E-state index is 0.0218. The van der Waals surface area contributed by atoms with Crippen LogP contribution in [0.5, 0.6) is 0 Å². The molecule has 0 aliphatic carbocycles. The minimum atomic E-state index is -3.90. The van der Waals surface area contributed by atoms with Crippen molar-refractivity contribution in [1.29, 1.82) is 0 Å². The Labute approximate surface area is 241 Å². The molecular weight excluding hydrogens is 566 g/mol. The highest BCUT2D eigenvalue weighted by atomic mass is 32.2. The van der Waals surface area contributed by atoms with Gasteiger partial charge < -0.3 is 10.0 Å². The summed E-state index contributed by atoms with van der Waals surface area (Å²) in [5, 5.41) is 17.6. The van der Waals surface area contributed by atoms with Gasteiger partial charge in [0.25, 0.3) is 6.43 Å². The molecule has 1 unspecified atom stereocenters. The number of nitrogens with zero attached hydrogens (tertiary/aromatic N) is 6. The van der Waals surface area contributed by atoms with Crippen molar-refractivity contribution in [3.8, 4) is 0 Å². The molecule has 2 aromatic heterocycles. The van der Waals surface area contributed by atoms with Crippen LogP contribution in [0.4, 0.5) is 14.6 Å². The Bertz CT molecular complexity index is 1790. The van der Waals surface area contributed by atoms with Crippen LogP contribution in [0.15, 0.2) is 53.6 Å². The number of alkyl halides is 2. The number of carbonyl (C=O) groups is 1. The summed E-state index contributed by atoms with van der Waals surface area (Å²) in [7, 11) is -2.30. The fourth-order valence-electron chi connectivity index (χ4n) is 6.25. The molecule has 1 fully saturated rings. The molecule has 0 spiro atoms. The quantitative estimate of drug-likeness (QED) is 0.334. The highest BCUT2D eigenvalue weighted by Gasteiger charge is 2.40. The highest BCUT2D eigenvalue weighted by molar-refractivity contribution is 7.89. The summed E-state index contributed by atoms with van der Waals surface area (Å²) in [6, 6.07) is 11.5. The molecule has 0 saturated carbocycles. The van der Waals surface area contributed by atoms with Gasteiger partial charge in [0.15, 0.2) is 0 Å². The number of sulfonamides is 1. The second kappa shape index (κ2) is 10.7. The summed E-state index contributed by atoms with van der Waals surface area (Å²) in [4.78, 5) is 18.6. The number of hydrogen-bond acceptors (Lipinski definition) is 7. The largest absolute Gasteiger partial charge is 0.481 e. The van der Waals surface area contributed by atoms with Gasteiger partial charge in [-0.1, -0.05) is 29.5 Å². The Kier molecular flexibility index (Phi) is 7.17. The molecule has 2 aliphatic heterocycles. The molecule has 1 N–H and O–H groups in total. The van der Waals surface area contributed by atoms with Crippen molar-refractivity contribution in [1.82, 2.24) is 24.3 Å². The normalized spacial score (nSPS) is 19.1. The van der Waals surface area contributed by atoms with Gasteiger partial charge >= 0.3 is 5.97 Å². The number of carboxylic acid groups (broad SMARTS) is 1. The van der Waals surface area contributed by atoms with Gasteiger partial charge in [-0.2, -0.15) is 4.31 Å². The van der Waals surface area contributed by atoms with E-state index in [0.717, 1.165) is 24.9 Å². The fraction of sp³-hybridized carbons (Fsp3) is 0.379. The number of pyridine rings is 1. The molecule has 6 rings (SSSR count). The van der Waals surface area contributed by atoms with E-state index in [-0.39, 0.29) is 40.7 Å². The summed E-state index contributed by atoms with van der Waals surface area (Å²) in [5.41, 5.74) is 2.21. The average molecular weight is 597 g/mol. The maximum absolute atomic E-state index is 14.5. The topological polar surface area (TPSA) is 122 Å². The van der Waals surface area contributed by atoms with Gasteiger partial charge in [-0.05, 0) is 60.2 Å². The highest BCUT2D eigenvalue weighted by Crippen LogP contribution is 2.40. The smallest absolute Gasteiger partial charge is 0.304 e. The van der Waals surface area contributed by atoms with Gasteiger partial charge in [-0.25, -0.2) is 26.9 Å². The van der Waals surface area contributed by atoms with Crippen LogP contribution in [-0.4, -0.2) is 62.9 Å². The van der Waals surface area contributed by atoms with Crippen molar-refractivity contribution in [2.24, 2.45) is 7.05 Å². The number of halogens is 2. The second-order valence-electron chi connectivity index (χ2n) is 10.9. The third kappa shape index (κ3) is 4.79. The van der Waals surface area contributed by atoms with Gasteiger partial charge in [0.2, 0.25) is 10.0 Å².